The zero-order chi connectivity index (χ0) is 9.26. The Morgan fingerprint density at radius 3 is 2.69 bits per heavy atom. The molecule has 0 aromatic rings. The van der Waals surface area contributed by atoms with Crippen molar-refractivity contribution in [1.82, 2.24) is 0 Å². The van der Waals surface area contributed by atoms with Crippen molar-refractivity contribution in [3.05, 3.63) is 0 Å². The van der Waals surface area contributed by atoms with Gasteiger partial charge in [0.1, 0.15) is 0 Å². The van der Waals surface area contributed by atoms with Crippen LogP contribution in [0.3, 0.4) is 0 Å². The zero-order valence-electron chi connectivity index (χ0n) is 7.95. The predicted octanol–water partition coefficient (Wildman–Crippen LogP) is 1.91. The number of carbonyl (C=O) groups is 1. The van der Waals surface area contributed by atoms with E-state index < -0.39 is 0 Å². The lowest BCUT2D eigenvalue weighted by Gasteiger charge is -2.10. The van der Waals surface area contributed by atoms with E-state index in [-0.39, 0.29) is 12.0 Å². The van der Waals surface area contributed by atoms with Crippen LogP contribution in [0, 0.1) is 5.92 Å². The lowest BCUT2D eigenvalue weighted by atomic mass is 9.99. The molecule has 1 unspecified atom stereocenters. The summed E-state index contributed by atoms with van der Waals surface area (Å²) in [6, 6.07) is -0.169. The van der Waals surface area contributed by atoms with Crippen LogP contribution in [0.25, 0.3) is 0 Å². The van der Waals surface area contributed by atoms with Crippen molar-refractivity contribution >= 4 is 11.9 Å². The van der Waals surface area contributed by atoms with E-state index in [0.29, 0.717) is 11.8 Å². The highest BCUT2D eigenvalue weighted by Crippen LogP contribution is 2.31. The highest BCUT2D eigenvalue weighted by atomic mass is 16.6. The summed E-state index contributed by atoms with van der Waals surface area (Å²) < 4.78 is 5.05. The lowest BCUT2D eigenvalue weighted by molar-refractivity contribution is -0.136. The quantitative estimate of drug-likeness (QED) is 0.610. The minimum Gasteiger partial charge on any atom is -0.410 e. The van der Waals surface area contributed by atoms with Gasteiger partial charge in [0.25, 0.3) is 0 Å². The van der Waals surface area contributed by atoms with E-state index in [2.05, 4.69) is 4.99 Å². The lowest BCUT2D eigenvalue weighted by Crippen LogP contribution is -2.23. The highest BCUT2D eigenvalue weighted by Gasteiger charge is 2.36. The molecule has 13 heavy (non-hydrogen) atoms. The van der Waals surface area contributed by atoms with E-state index in [0.717, 1.165) is 19.3 Å². The van der Waals surface area contributed by atoms with Crippen molar-refractivity contribution in [2.75, 3.05) is 0 Å². The summed E-state index contributed by atoms with van der Waals surface area (Å²) in [5, 5.41) is 0. The van der Waals surface area contributed by atoms with E-state index in [9.17, 15) is 4.79 Å². The van der Waals surface area contributed by atoms with Crippen LogP contribution in [-0.2, 0) is 9.53 Å². The number of nitrogens with zero attached hydrogens (tertiary/aromatic N) is 1. The molecule has 0 aromatic heterocycles. The summed E-state index contributed by atoms with van der Waals surface area (Å²) in [5.74, 6) is 0.960. The number of cyclic esters (lactones) is 1. The smallest absolute Gasteiger partial charge is 0.337 e. The van der Waals surface area contributed by atoms with Crippen LogP contribution in [0.1, 0.15) is 39.0 Å². The first kappa shape index (κ1) is 8.73. The fourth-order valence-electron chi connectivity index (χ4n) is 2.15. The van der Waals surface area contributed by atoms with Gasteiger partial charge in [0.05, 0.1) is 0 Å². The molecular formula is C10H15NO2. The molecule has 3 heteroatoms. The van der Waals surface area contributed by atoms with E-state index in [1.54, 1.807) is 0 Å². The van der Waals surface area contributed by atoms with Gasteiger partial charge in [-0.05, 0) is 18.8 Å². The Balaban J connectivity index is 2.05. The van der Waals surface area contributed by atoms with E-state index in [1.807, 2.05) is 6.92 Å². The van der Waals surface area contributed by atoms with Crippen molar-refractivity contribution in [3.63, 3.8) is 0 Å². The third-order valence-corrected chi connectivity index (χ3v) is 2.89. The largest absolute Gasteiger partial charge is 0.410 e. The van der Waals surface area contributed by atoms with Crippen molar-refractivity contribution in [2.24, 2.45) is 10.9 Å². The predicted molar refractivity (Wildman–Crippen MR) is 49.6 cm³/mol. The molecule has 3 nitrogen and oxygen atoms in total. The van der Waals surface area contributed by atoms with Crippen LogP contribution >= 0.6 is 0 Å². The minimum atomic E-state index is -0.169. The third kappa shape index (κ3) is 1.60. The van der Waals surface area contributed by atoms with Crippen molar-refractivity contribution < 1.29 is 9.53 Å². The Kier molecular flexibility index (Phi) is 2.34. The number of esters is 1. The Hall–Kier alpha value is -0.860. The van der Waals surface area contributed by atoms with Gasteiger partial charge in [-0.1, -0.05) is 19.8 Å². The zero-order valence-corrected chi connectivity index (χ0v) is 7.95. The Labute approximate surface area is 78.2 Å². The Morgan fingerprint density at radius 1 is 1.46 bits per heavy atom. The number of rotatable bonds is 2. The van der Waals surface area contributed by atoms with Gasteiger partial charge in [0.15, 0.2) is 11.9 Å². The first-order valence-electron chi connectivity index (χ1n) is 5.09. The molecule has 0 bridgehead atoms. The van der Waals surface area contributed by atoms with Crippen molar-refractivity contribution in [3.8, 4) is 0 Å². The fraction of sp³-hybridized carbons (Fsp3) is 0.800. The van der Waals surface area contributed by atoms with E-state index >= 15 is 0 Å². The first-order valence-corrected chi connectivity index (χ1v) is 5.09. The maximum Gasteiger partial charge on any atom is 0.337 e. The van der Waals surface area contributed by atoms with Gasteiger partial charge < -0.3 is 4.74 Å². The second-order valence-electron chi connectivity index (χ2n) is 3.79. The topological polar surface area (TPSA) is 38.7 Å². The first-order chi connectivity index (χ1) is 6.31. The second kappa shape index (κ2) is 3.48. The average Bonchev–Trinajstić information content (AvgIpc) is 2.72. The van der Waals surface area contributed by atoms with Gasteiger partial charge in [-0.3, -0.25) is 0 Å². The highest BCUT2D eigenvalue weighted by molar-refractivity contribution is 5.97. The summed E-state index contributed by atoms with van der Waals surface area (Å²) in [5.41, 5.74) is 0. The SMILES string of the molecule is CCC1=NC(C2CCCC2)C(=O)O1. The maximum absolute atomic E-state index is 11.4. The van der Waals surface area contributed by atoms with Gasteiger partial charge in [0.2, 0.25) is 0 Å². The molecule has 1 saturated carbocycles. The molecule has 1 fully saturated rings. The van der Waals surface area contributed by atoms with Crippen LogP contribution in [0.4, 0.5) is 0 Å². The second-order valence-corrected chi connectivity index (χ2v) is 3.79. The molecule has 0 aromatic carbocycles. The van der Waals surface area contributed by atoms with Crippen LogP contribution in [0.15, 0.2) is 4.99 Å². The van der Waals surface area contributed by atoms with E-state index in [1.165, 1.54) is 12.8 Å². The molecule has 0 amide bonds. The fourth-order valence-corrected chi connectivity index (χ4v) is 2.15. The summed E-state index contributed by atoms with van der Waals surface area (Å²) in [6.45, 7) is 1.96. The van der Waals surface area contributed by atoms with Crippen LogP contribution in [0.5, 0.6) is 0 Å². The summed E-state index contributed by atoms with van der Waals surface area (Å²) >= 11 is 0. The minimum absolute atomic E-state index is 0.122. The molecular weight excluding hydrogens is 166 g/mol. The monoisotopic (exact) mass is 181 g/mol. The molecule has 1 aliphatic carbocycles. The summed E-state index contributed by atoms with van der Waals surface area (Å²) in [7, 11) is 0. The number of aliphatic imine (C=N–C) groups is 1. The molecule has 2 aliphatic rings. The Morgan fingerprint density at radius 2 is 2.15 bits per heavy atom. The third-order valence-electron chi connectivity index (χ3n) is 2.89. The molecule has 1 atom stereocenters. The molecule has 0 N–H and O–H groups in total. The normalized spacial score (nSPS) is 29.2. The molecule has 72 valence electrons. The number of carbonyl (C=O) groups excluding carboxylic acids is 1. The number of hydrogen-bond donors (Lipinski definition) is 0. The molecule has 1 aliphatic heterocycles. The van der Waals surface area contributed by atoms with Crippen LogP contribution in [0.2, 0.25) is 0 Å². The maximum atomic E-state index is 11.4. The molecule has 1 heterocycles. The summed E-state index contributed by atoms with van der Waals surface area (Å²) in [4.78, 5) is 15.7. The summed E-state index contributed by atoms with van der Waals surface area (Å²) in [6.07, 6.45) is 5.49. The Bertz CT molecular complexity index is 241. The van der Waals surface area contributed by atoms with Crippen LogP contribution < -0.4 is 0 Å². The molecule has 0 radical (unpaired) electrons. The van der Waals surface area contributed by atoms with E-state index in [4.69, 9.17) is 4.74 Å². The average molecular weight is 181 g/mol. The van der Waals surface area contributed by atoms with Gasteiger partial charge in [-0.25, -0.2) is 9.79 Å². The van der Waals surface area contributed by atoms with Gasteiger partial charge in [0, 0.05) is 6.42 Å². The van der Waals surface area contributed by atoms with Crippen LogP contribution in [-0.4, -0.2) is 17.9 Å². The van der Waals surface area contributed by atoms with Crippen molar-refractivity contribution in [2.45, 2.75) is 45.1 Å². The van der Waals surface area contributed by atoms with Gasteiger partial charge >= 0.3 is 5.97 Å². The van der Waals surface area contributed by atoms with Gasteiger partial charge in [-0.15, -0.1) is 0 Å². The number of ether oxygens (including phenoxy) is 1. The van der Waals surface area contributed by atoms with Crippen molar-refractivity contribution in [1.29, 1.82) is 0 Å². The molecule has 2 rings (SSSR count). The number of hydrogen-bond acceptors (Lipinski definition) is 3. The molecule has 0 saturated heterocycles. The van der Waals surface area contributed by atoms with Gasteiger partial charge in [-0.2, -0.15) is 0 Å². The molecule has 0 spiro atoms. The standard InChI is InChI=1S/C10H15NO2/c1-2-8-11-9(10(12)13-8)7-5-3-4-6-7/h7,9H,2-6H2,1H3.